The molecule has 0 aliphatic rings. The summed E-state index contributed by atoms with van der Waals surface area (Å²) in [5, 5.41) is 2.63. The lowest BCUT2D eigenvalue weighted by atomic mass is 10.1. The molecule has 2 rings (SSSR count). The van der Waals surface area contributed by atoms with Gasteiger partial charge >= 0.3 is 6.09 Å². The Morgan fingerprint density at radius 3 is 2.78 bits per heavy atom. The molecule has 0 heterocycles. The Labute approximate surface area is 134 Å². The largest absolute Gasteiger partial charge is 0.445 e. The lowest BCUT2D eigenvalue weighted by Crippen LogP contribution is -2.24. The molecule has 0 unspecified atom stereocenters. The lowest BCUT2D eigenvalue weighted by Gasteiger charge is -2.06. The highest BCUT2D eigenvalue weighted by molar-refractivity contribution is 5.67. The number of anilines is 1. The van der Waals surface area contributed by atoms with Gasteiger partial charge in [-0.15, -0.1) is 0 Å². The number of hydrogen-bond donors (Lipinski definition) is 2. The molecule has 0 bridgehead atoms. The maximum absolute atomic E-state index is 13.5. The first-order valence-electron chi connectivity index (χ1n) is 7.31. The number of rotatable bonds is 6. The summed E-state index contributed by atoms with van der Waals surface area (Å²) in [6.07, 6.45) is 3.50. The summed E-state index contributed by atoms with van der Waals surface area (Å²) in [5.41, 5.74) is 7.47. The third-order valence-corrected chi connectivity index (χ3v) is 3.11. The van der Waals surface area contributed by atoms with E-state index in [-0.39, 0.29) is 12.4 Å². The summed E-state index contributed by atoms with van der Waals surface area (Å²) in [4.78, 5) is 11.5. The maximum Gasteiger partial charge on any atom is 0.407 e. The molecule has 2 aromatic rings. The van der Waals surface area contributed by atoms with E-state index in [2.05, 4.69) is 5.32 Å². The molecule has 0 aliphatic heterocycles. The van der Waals surface area contributed by atoms with Crippen LogP contribution in [0.2, 0.25) is 0 Å². The van der Waals surface area contributed by atoms with Gasteiger partial charge in [-0.05, 0) is 30.2 Å². The van der Waals surface area contributed by atoms with E-state index in [1.807, 2.05) is 30.3 Å². The number of hydrogen-bond acceptors (Lipinski definition) is 3. The molecule has 0 aliphatic carbocycles. The van der Waals surface area contributed by atoms with Crippen LogP contribution in [-0.4, -0.2) is 12.6 Å². The minimum absolute atomic E-state index is 0.233. The smallest absolute Gasteiger partial charge is 0.407 e. The van der Waals surface area contributed by atoms with E-state index < -0.39 is 6.09 Å². The topological polar surface area (TPSA) is 64.3 Å². The van der Waals surface area contributed by atoms with Crippen LogP contribution < -0.4 is 11.1 Å². The van der Waals surface area contributed by atoms with Gasteiger partial charge in [0.2, 0.25) is 0 Å². The van der Waals surface area contributed by atoms with Crippen LogP contribution in [0.5, 0.6) is 0 Å². The van der Waals surface area contributed by atoms with Crippen LogP contribution in [0.1, 0.15) is 17.5 Å². The Kier molecular flexibility index (Phi) is 6.17. The minimum atomic E-state index is -0.475. The zero-order valence-electron chi connectivity index (χ0n) is 12.7. The van der Waals surface area contributed by atoms with Crippen LogP contribution in [0.15, 0.2) is 54.6 Å². The number of carbonyl (C=O) groups is 1. The second-order valence-corrected chi connectivity index (χ2v) is 4.96. The molecule has 0 fully saturated rings. The van der Waals surface area contributed by atoms with E-state index in [1.54, 1.807) is 18.2 Å². The summed E-state index contributed by atoms with van der Waals surface area (Å²) < 4.78 is 18.5. The van der Waals surface area contributed by atoms with Crippen molar-refractivity contribution in [1.82, 2.24) is 5.32 Å². The van der Waals surface area contributed by atoms with Crippen molar-refractivity contribution in [1.29, 1.82) is 0 Å². The normalized spacial score (nSPS) is 10.7. The Morgan fingerprint density at radius 2 is 2.00 bits per heavy atom. The van der Waals surface area contributed by atoms with Crippen LogP contribution in [0.4, 0.5) is 14.9 Å². The van der Waals surface area contributed by atoms with Gasteiger partial charge in [-0.3, -0.25) is 0 Å². The predicted molar refractivity (Wildman–Crippen MR) is 89.1 cm³/mol. The molecule has 2 aromatic carbocycles. The molecule has 5 heteroatoms. The second kappa shape index (κ2) is 8.58. The highest BCUT2D eigenvalue weighted by Gasteiger charge is 2.01. The molecule has 23 heavy (non-hydrogen) atoms. The summed E-state index contributed by atoms with van der Waals surface area (Å²) in [7, 11) is 0. The SMILES string of the molecule is Nc1ccc(F)c(C=CCCNC(=O)OCc2ccccc2)c1. The monoisotopic (exact) mass is 314 g/mol. The van der Waals surface area contributed by atoms with Crippen LogP contribution in [-0.2, 0) is 11.3 Å². The van der Waals surface area contributed by atoms with E-state index in [9.17, 15) is 9.18 Å². The van der Waals surface area contributed by atoms with Gasteiger partial charge in [-0.25, -0.2) is 9.18 Å². The van der Waals surface area contributed by atoms with E-state index in [0.29, 0.717) is 24.2 Å². The van der Waals surface area contributed by atoms with Crippen molar-refractivity contribution in [3.05, 3.63) is 71.6 Å². The predicted octanol–water partition coefficient (Wildman–Crippen LogP) is 3.74. The van der Waals surface area contributed by atoms with Crippen LogP contribution in [0.25, 0.3) is 6.08 Å². The van der Waals surface area contributed by atoms with Gasteiger partial charge in [0.15, 0.2) is 0 Å². The van der Waals surface area contributed by atoms with Gasteiger partial charge in [-0.1, -0.05) is 42.5 Å². The second-order valence-electron chi connectivity index (χ2n) is 4.96. The van der Waals surface area contributed by atoms with E-state index in [1.165, 1.54) is 12.1 Å². The van der Waals surface area contributed by atoms with Gasteiger partial charge in [0.05, 0.1) is 0 Å². The third kappa shape index (κ3) is 5.82. The summed E-state index contributed by atoms with van der Waals surface area (Å²) in [6, 6.07) is 13.8. The molecular weight excluding hydrogens is 295 g/mol. The summed E-state index contributed by atoms with van der Waals surface area (Å²) in [6.45, 7) is 0.644. The number of nitrogen functional groups attached to an aromatic ring is 1. The van der Waals surface area contributed by atoms with Crippen molar-refractivity contribution >= 4 is 17.9 Å². The number of nitrogens with two attached hydrogens (primary N) is 1. The van der Waals surface area contributed by atoms with Crippen molar-refractivity contribution in [2.75, 3.05) is 12.3 Å². The average Bonchev–Trinajstić information content (AvgIpc) is 2.56. The van der Waals surface area contributed by atoms with Gasteiger partial charge in [-0.2, -0.15) is 0 Å². The Balaban J connectivity index is 1.67. The quantitative estimate of drug-likeness (QED) is 0.630. The highest BCUT2D eigenvalue weighted by atomic mass is 19.1. The van der Waals surface area contributed by atoms with Gasteiger partial charge in [0.1, 0.15) is 12.4 Å². The van der Waals surface area contributed by atoms with Crippen LogP contribution in [0.3, 0.4) is 0 Å². The number of amides is 1. The molecule has 0 saturated heterocycles. The zero-order valence-corrected chi connectivity index (χ0v) is 12.7. The molecule has 0 saturated carbocycles. The first-order valence-corrected chi connectivity index (χ1v) is 7.31. The van der Waals surface area contributed by atoms with E-state index in [0.717, 1.165) is 5.56 Å². The maximum atomic E-state index is 13.5. The fourth-order valence-electron chi connectivity index (χ4n) is 1.93. The van der Waals surface area contributed by atoms with Gasteiger partial charge < -0.3 is 15.8 Å². The van der Waals surface area contributed by atoms with Crippen molar-refractivity contribution < 1.29 is 13.9 Å². The lowest BCUT2D eigenvalue weighted by molar-refractivity contribution is 0.140. The number of ether oxygens (including phenoxy) is 1. The average molecular weight is 314 g/mol. The Bertz CT molecular complexity index is 672. The van der Waals surface area contributed by atoms with Gasteiger partial charge in [0, 0.05) is 17.8 Å². The molecule has 3 N–H and O–H groups in total. The molecule has 0 radical (unpaired) electrons. The molecule has 0 atom stereocenters. The molecule has 120 valence electrons. The first kappa shape index (κ1) is 16.5. The first-order chi connectivity index (χ1) is 11.1. The number of carbonyl (C=O) groups excluding carboxylic acids is 1. The number of nitrogens with one attached hydrogen (secondary N) is 1. The zero-order chi connectivity index (χ0) is 16.5. The molecule has 1 amide bonds. The number of benzene rings is 2. The third-order valence-electron chi connectivity index (χ3n) is 3.11. The molecule has 0 aromatic heterocycles. The highest BCUT2D eigenvalue weighted by Crippen LogP contribution is 2.13. The van der Waals surface area contributed by atoms with Crippen molar-refractivity contribution in [2.45, 2.75) is 13.0 Å². The molecule has 4 nitrogen and oxygen atoms in total. The Hall–Kier alpha value is -2.82. The fourth-order valence-corrected chi connectivity index (χ4v) is 1.93. The van der Waals surface area contributed by atoms with Crippen molar-refractivity contribution in [3.63, 3.8) is 0 Å². The summed E-state index contributed by atoms with van der Waals surface area (Å²) in [5.74, 6) is -0.328. The van der Waals surface area contributed by atoms with Crippen LogP contribution >= 0.6 is 0 Å². The van der Waals surface area contributed by atoms with E-state index in [4.69, 9.17) is 10.5 Å². The van der Waals surface area contributed by atoms with Gasteiger partial charge in [0.25, 0.3) is 0 Å². The Morgan fingerprint density at radius 1 is 1.22 bits per heavy atom. The van der Waals surface area contributed by atoms with E-state index >= 15 is 0 Å². The minimum Gasteiger partial charge on any atom is -0.445 e. The molecular formula is C18H19FN2O2. The van der Waals surface area contributed by atoms with Crippen LogP contribution in [0, 0.1) is 5.82 Å². The fraction of sp³-hybridized carbons (Fsp3) is 0.167. The van der Waals surface area contributed by atoms with Crippen molar-refractivity contribution in [3.8, 4) is 0 Å². The standard InChI is InChI=1S/C18H19FN2O2/c19-17-10-9-16(20)12-15(17)8-4-5-11-21-18(22)23-13-14-6-2-1-3-7-14/h1-4,6-10,12H,5,11,13,20H2,(H,21,22). The number of halogens is 1. The molecule has 0 spiro atoms. The summed E-state index contributed by atoms with van der Waals surface area (Å²) >= 11 is 0. The number of alkyl carbamates (subject to hydrolysis) is 1. The van der Waals surface area contributed by atoms with Crippen molar-refractivity contribution in [2.24, 2.45) is 0 Å².